The lowest BCUT2D eigenvalue weighted by Crippen LogP contribution is -2.38. The van der Waals surface area contributed by atoms with Crippen LogP contribution in [0.15, 0.2) is 53.7 Å². The summed E-state index contributed by atoms with van der Waals surface area (Å²) < 4.78 is 101. The molecule has 1 aliphatic heterocycles. The standard InChI is InChI=1S/C29H32F7N2O2/c1-17(19-11-20(28(31,32)33)13-21(12-19)29(34,35)36)40-27-15-37(14-23(27)18-5-7-22(30)8-6-18)25-9-10-26(39)24(25)16-38(2,3)4/h5-8,11-13,17,23,27H,9-10,14-16H2,1-4H3/q+1/t17-,23-,27+/m1/s1. The summed E-state index contributed by atoms with van der Waals surface area (Å²) in [4.78, 5) is 14.7. The smallest absolute Gasteiger partial charge is 0.371 e. The van der Waals surface area contributed by atoms with Crippen LogP contribution in [0.2, 0.25) is 0 Å². The van der Waals surface area contributed by atoms with Crippen LogP contribution in [-0.4, -0.2) is 62.0 Å². The molecule has 0 saturated carbocycles. The fourth-order valence-electron chi connectivity index (χ4n) is 5.41. The lowest BCUT2D eigenvalue weighted by molar-refractivity contribution is -0.865. The topological polar surface area (TPSA) is 29.5 Å². The van der Waals surface area contributed by atoms with Gasteiger partial charge >= 0.3 is 12.4 Å². The number of likely N-dealkylation sites (tertiary alicyclic amines) is 1. The molecule has 3 atom stereocenters. The number of alkyl halides is 6. The molecule has 1 heterocycles. The number of carbonyl (C=O) groups is 1. The molecule has 0 spiro atoms. The van der Waals surface area contributed by atoms with E-state index in [9.17, 15) is 35.5 Å². The van der Waals surface area contributed by atoms with Crippen molar-refractivity contribution in [2.45, 2.75) is 50.2 Å². The van der Waals surface area contributed by atoms with Crippen LogP contribution in [0.25, 0.3) is 0 Å². The molecule has 0 N–H and O–H groups in total. The van der Waals surface area contributed by atoms with E-state index in [0.717, 1.165) is 11.3 Å². The highest BCUT2D eigenvalue weighted by atomic mass is 19.4. The molecule has 1 saturated heterocycles. The van der Waals surface area contributed by atoms with Crippen molar-refractivity contribution in [3.8, 4) is 0 Å². The summed E-state index contributed by atoms with van der Waals surface area (Å²) >= 11 is 0. The number of rotatable bonds is 7. The number of likely N-dealkylation sites (N-methyl/N-ethyl adjacent to an activating group) is 1. The highest BCUT2D eigenvalue weighted by molar-refractivity contribution is 5.98. The molecule has 4 rings (SSSR count). The number of ketones is 1. The zero-order chi connectivity index (χ0) is 29.6. The highest BCUT2D eigenvalue weighted by Gasteiger charge is 2.41. The van der Waals surface area contributed by atoms with E-state index in [1.807, 2.05) is 26.0 Å². The SMILES string of the molecule is C[C@@H](O[C@H]1CN(C2=C(C[N+](C)(C)C)C(=O)CC2)C[C@@H]1c1ccc(F)cc1)c1cc(C(F)(F)F)cc(C(F)(F)F)c1. The summed E-state index contributed by atoms with van der Waals surface area (Å²) in [6.45, 7) is 2.61. The Kier molecular flexibility index (Phi) is 8.12. The first-order valence-corrected chi connectivity index (χ1v) is 12.9. The fraction of sp³-hybridized carbons (Fsp3) is 0.483. The summed E-state index contributed by atoms with van der Waals surface area (Å²) in [5.41, 5.74) is -0.751. The molecule has 0 bridgehead atoms. The van der Waals surface area contributed by atoms with Crippen molar-refractivity contribution >= 4 is 5.78 Å². The summed E-state index contributed by atoms with van der Waals surface area (Å²) in [6.07, 6.45) is -10.8. The molecule has 40 heavy (non-hydrogen) atoms. The Hall–Kier alpha value is -2.92. The van der Waals surface area contributed by atoms with Gasteiger partial charge in [-0.3, -0.25) is 4.79 Å². The van der Waals surface area contributed by atoms with Gasteiger partial charge in [0.05, 0.1) is 50.1 Å². The van der Waals surface area contributed by atoms with Crippen LogP contribution in [0.1, 0.15) is 54.0 Å². The van der Waals surface area contributed by atoms with Gasteiger partial charge in [-0.25, -0.2) is 4.39 Å². The predicted octanol–water partition coefficient (Wildman–Crippen LogP) is 6.73. The first-order valence-electron chi connectivity index (χ1n) is 12.9. The Bertz CT molecular complexity index is 1250. The summed E-state index contributed by atoms with van der Waals surface area (Å²) in [7, 11) is 5.91. The number of halogens is 7. The molecule has 0 unspecified atom stereocenters. The molecule has 2 aromatic rings. The third kappa shape index (κ3) is 6.86. The number of hydrogen-bond acceptors (Lipinski definition) is 3. The van der Waals surface area contributed by atoms with E-state index in [1.54, 1.807) is 12.1 Å². The monoisotopic (exact) mass is 573 g/mol. The number of nitrogens with zero attached hydrogens (tertiary/aromatic N) is 2. The third-order valence-electron chi connectivity index (χ3n) is 7.31. The average molecular weight is 574 g/mol. The molecule has 4 nitrogen and oxygen atoms in total. The number of Topliss-reactive ketones (excluding diaryl/α,β-unsaturated/α-hetero) is 1. The molecule has 1 aliphatic carbocycles. The maximum absolute atomic E-state index is 13.7. The molecule has 2 aromatic carbocycles. The van der Waals surface area contributed by atoms with Gasteiger partial charge in [-0.15, -0.1) is 0 Å². The number of ether oxygens (including phenoxy) is 1. The Morgan fingerprint density at radius 3 is 2.02 bits per heavy atom. The van der Waals surface area contributed by atoms with Crippen molar-refractivity contribution in [2.75, 3.05) is 40.8 Å². The Balaban J connectivity index is 1.68. The van der Waals surface area contributed by atoms with E-state index in [1.165, 1.54) is 19.1 Å². The van der Waals surface area contributed by atoms with Crippen molar-refractivity contribution in [1.29, 1.82) is 0 Å². The molecule has 2 aliphatic rings. The molecule has 0 aromatic heterocycles. The molecule has 0 amide bonds. The summed E-state index contributed by atoms with van der Waals surface area (Å²) in [5, 5.41) is 0. The summed E-state index contributed by atoms with van der Waals surface area (Å²) in [6, 6.07) is 7.22. The van der Waals surface area contributed by atoms with E-state index in [-0.39, 0.29) is 29.9 Å². The molecular weight excluding hydrogens is 541 g/mol. The largest absolute Gasteiger partial charge is 0.416 e. The van der Waals surface area contributed by atoms with Crippen LogP contribution in [-0.2, 0) is 21.9 Å². The molecule has 11 heteroatoms. The lowest BCUT2D eigenvalue weighted by atomic mass is 9.95. The van der Waals surface area contributed by atoms with E-state index >= 15 is 0 Å². The van der Waals surface area contributed by atoms with Crippen LogP contribution in [0.4, 0.5) is 30.7 Å². The second-order valence-electron chi connectivity index (χ2n) is 11.5. The van der Waals surface area contributed by atoms with E-state index in [2.05, 4.69) is 0 Å². The quantitative estimate of drug-likeness (QED) is 0.272. The van der Waals surface area contributed by atoms with Gasteiger partial charge in [-0.05, 0) is 54.8 Å². The number of hydrogen-bond donors (Lipinski definition) is 0. The minimum absolute atomic E-state index is 0.0581. The fourth-order valence-corrected chi connectivity index (χ4v) is 5.41. The lowest BCUT2D eigenvalue weighted by Gasteiger charge is -2.27. The van der Waals surface area contributed by atoms with Gasteiger partial charge in [0.2, 0.25) is 0 Å². The van der Waals surface area contributed by atoms with Gasteiger partial charge in [0.1, 0.15) is 12.4 Å². The molecular formula is C29H32F7N2O2+. The third-order valence-corrected chi connectivity index (χ3v) is 7.31. The van der Waals surface area contributed by atoms with Crippen LogP contribution < -0.4 is 0 Å². The van der Waals surface area contributed by atoms with Crippen molar-refractivity contribution < 1.29 is 44.7 Å². The second-order valence-corrected chi connectivity index (χ2v) is 11.5. The number of benzene rings is 2. The van der Waals surface area contributed by atoms with Gasteiger partial charge < -0.3 is 14.1 Å². The van der Waals surface area contributed by atoms with Crippen LogP contribution >= 0.6 is 0 Å². The minimum Gasteiger partial charge on any atom is -0.371 e. The van der Waals surface area contributed by atoms with Crippen molar-refractivity contribution in [1.82, 2.24) is 4.90 Å². The first-order chi connectivity index (χ1) is 18.4. The van der Waals surface area contributed by atoms with Gasteiger partial charge in [0.15, 0.2) is 5.78 Å². The maximum Gasteiger partial charge on any atom is 0.416 e. The van der Waals surface area contributed by atoms with E-state index < -0.39 is 41.5 Å². The van der Waals surface area contributed by atoms with Crippen LogP contribution in [0, 0.1) is 5.82 Å². The first kappa shape index (κ1) is 30.0. The van der Waals surface area contributed by atoms with E-state index in [4.69, 9.17) is 4.74 Å². The number of allylic oxidation sites excluding steroid dienone is 1. The van der Waals surface area contributed by atoms with Crippen LogP contribution in [0.3, 0.4) is 0 Å². The Morgan fingerprint density at radius 1 is 0.925 bits per heavy atom. The van der Waals surface area contributed by atoms with Gasteiger partial charge in [0, 0.05) is 31.1 Å². The molecule has 218 valence electrons. The number of quaternary nitrogens is 1. The Labute approximate surface area is 228 Å². The maximum atomic E-state index is 13.7. The number of carbonyl (C=O) groups excluding carboxylic acids is 1. The van der Waals surface area contributed by atoms with Gasteiger partial charge in [0.25, 0.3) is 0 Å². The minimum atomic E-state index is -4.97. The second kappa shape index (κ2) is 10.8. The average Bonchev–Trinajstić information content (AvgIpc) is 3.40. The zero-order valence-electron chi connectivity index (χ0n) is 22.7. The molecule has 1 fully saturated rings. The van der Waals surface area contributed by atoms with Crippen molar-refractivity contribution in [3.05, 3.63) is 81.8 Å². The van der Waals surface area contributed by atoms with E-state index in [0.29, 0.717) is 48.1 Å². The molecule has 0 radical (unpaired) electrons. The predicted molar refractivity (Wildman–Crippen MR) is 135 cm³/mol. The van der Waals surface area contributed by atoms with Crippen molar-refractivity contribution in [2.24, 2.45) is 0 Å². The summed E-state index contributed by atoms with van der Waals surface area (Å²) in [5.74, 6) is -0.741. The zero-order valence-corrected chi connectivity index (χ0v) is 22.7. The van der Waals surface area contributed by atoms with Gasteiger partial charge in [-0.2, -0.15) is 26.3 Å². The van der Waals surface area contributed by atoms with Crippen LogP contribution in [0.5, 0.6) is 0 Å². The highest BCUT2D eigenvalue weighted by Crippen LogP contribution is 2.41. The normalized spacial score (nSPS) is 21.5. The Morgan fingerprint density at radius 2 is 1.50 bits per heavy atom. The van der Waals surface area contributed by atoms with Crippen molar-refractivity contribution in [3.63, 3.8) is 0 Å². The van der Waals surface area contributed by atoms with Gasteiger partial charge in [-0.1, -0.05) is 12.1 Å².